The van der Waals surface area contributed by atoms with Crippen LogP contribution >= 0.6 is 23.1 Å². The number of carbonyl (C=O) groups excluding carboxylic acids is 2. The molecule has 0 atom stereocenters. The number of halogens is 1. The van der Waals surface area contributed by atoms with Crippen LogP contribution in [0.15, 0.2) is 0 Å². The zero-order valence-electron chi connectivity index (χ0n) is 7.07. The van der Waals surface area contributed by atoms with E-state index in [-0.39, 0.29) is 31.2 Å². The number of nitrogens with zero attached hydrogens (tertiary/aromatic N) is 3. The van der Waals surface area contributed by atoms with E-state index in [2.05, 4.69) is 9.59 Å². The van der Waals surface area contributed by atoms with Crippen molar-refractivity contribution in [2.75, 3.05) is 0 Å². The standard InChI is InChI=1S/C7H6ClN3O2S/c8-7-4(9-10-14-7)3-11-5(12)1-2-6(11)13/h1-3H2. The molecule has 1 saturated heterocycles. The predicted molar refractivity (Wildman–Crippen MR) is 49.7 cm³/mol. The second-order valence-corrected chi connectivity index (χ2v) is 4.22. The second-order valence-electron chi connectivity index (χ2n) is 2.87. The Hall–Kier alpha value is -1.01. The summed E-state index contributed by atoms with van der Waals surface area (Å²) >= 11 is 6.80. The summed E-state index contributed by atoms with van der Waals surface area (Å²) in [6, 6.07) is 0. The van der Waals surface area contributed by atoms with Crippen molar-refractivity contribution in [1.29, 1.82) is 0 Å². The van der Waals surface area contributed by atoms with Gasteiger partial charge in [0.25, 0.3) is 0 Å². The van der Waals surface area contributed by atoms with Gasteiger partial charge in [0.15, 0.2) is 0 Å². The summed E-state index contributed by atoms with van der Waals surface area (Å²) in [6.07, 6.45) is 0.571. The zero-order chi connectivity index (χ0) is 10.1. The lowest BCUT2D eigenvalue weighted by molar-refractivity contribution is -0.139. The molecular weight excluding hydrogens is 226 g/mol. The Balaban J connectivity index is 2.15. The van der Waals surface area contributed by atoms with Crippen LogP contribution in [-0.2, 0) is 16.1 Å². The fraction of sp³-hybridized carbons (Fsp3) is 0.429. The highest BCUT2D eigenvalue weighted by molar-refractivity contribution is 7.10. The molecule has 0 aliphatic carbocycles. The summed E-state index contributed by atoms with van der Waals surface area (Å²) in [6.45, 7) is 0.146. The van der Waals surface area contributed by atoms with Crippen molar-refractivity contribution in [2.24, 2.45) is 0 Å². The van der Waals surface area contributed by atoms with E-state index in [1.165, 1.54) is 4.90 Å². The lowest BCUT2D eigenvalue weighted by Crippen LogP contribution is -2.28. The third kappa shape index (κ3) is 1.62. The Morgan fingerprint density at radius 1 is 1.36 bits per heavy atom. The molecule has 1 aromatic rings. The van der Waals surface area contributed by atoms with Gasteiger partial charge in [0.05, 0.1) is 6.54 Å². The molecular formula is C7H6ClN3O2S. The van der Waals surface area contributed by atoms with E-state index in [1.54, 1.807) is 0 Å². The largest absolute Gasteiger partial charge is 0.276 e. The molecule has 0 saturated carbocycles. The van der Waals surface area contributed by atoms with Crippen molar-refractivity contribution in [3.05, 3.63) is 10.0 Å². The topological polar surface area (TPSA) is 63.2 Å². The molecule has 2 amide bonds. The van der Waals surface area contributed by atoms with Gasteiger partial charge in [-0.1, -0.05) is 16.1 Å². The summed E-state index contributed by atoms with van der Waals surface area (Å²) in [4.78, 5) is 23.6. The van der Waals surface area contributed by atoms with E-state index in [0.29, 0.717) is 10.0 Å². The molecule has 5 nitrogen and oxygen atoms in total. The molecule has 0 bridgehead atoms. The van der Waals surface area contributed by atoms with E-state index in [4.69, 9.17) is 11.6 Å². The number of hydrogen-bond acceptors (Lipinski definition) is 5. The third-order valence-electron chi connectivity index (χ3n) is 1.97. The summed E-state index contributed by atoms with van der Waals surface area (Å²) in [7, 11) is 0. The molecule has 2 rings (SSSR count). The quantitative estimate of drug-likeness (QED) is 0.708. The minimum Gasteiger partial charge on any atom is -0.276 e. The SMILES string of the molecule is O=C1CCC(=O)N1Cc1nnsc1Cl. The number of amides is 2. The van der Waals surface area contributed by atoms with Crippen molar-refractivity contribution < 1.29 is 9.59 Å². The van der Waals surface area contributed by atoms with Crippen molar-refractivity contribution in [1.82, 2.24) is 14.5 Å². The first-order valence-electron chi connectivity index (χ1n) is 3.98. The molecule has 7 heteroatoms. The molecule has 0 spiro atoms. The molecule has 0 N–H and O–H groups in total. The average molecular weight is 232 g/mol. The molecule has 1 fully saturated rings. The summed E-state index contributed by atoms with van der Waals surface area (Å²) in [5.74, 6) is -0.335. The van der Waals surface area contributed by atoms with Crippen LogP contribution in [0.5, 0.6) is 0 Å². The fourth-order valence-corrected chi connectivity index (χ4v) is 1.85. The molecule has 1 aliphatic heterocycles. The second kappa shape index (κ2) is 3.62. The number of likely N-dealkylation sites (tertiary alicyclic amines) is 1. The lowest BCUT2D eigenvalue weighted by atomic mass is 10.4. The van der Waals surface area contributed by atoms with Crippen molar-refractivity contribution in [3.63, 3.8) is 0 Å². The van der Waals surface area contributed by atoms with E-state index >= 15 is 0 Å². The highest BCUT2D eigenvalue weighted by Gasteiger charge is 2.29. The third-order valence-corrected chi connectivity index (χ3v) is 2.96. The Bertz CT molecular complexity index is 376. The van der Waals surface area contributed by atoms with Gasteiger partial charge in [-0.05, 0) is 0 Å². The average Bonchev–Trinajstić information content (AvgIpc) is 2.67. The Kier molecular flexibility index (Phi) is 2.47. The first-order chi connectivity index (χ1) is 6.68. The number of hydrogen-bond donors (Lipinski definition) is 0. The molecule has 74 valence electrons. The number of imide groups is 1. The first kappa shape index (κ1) is 9.54. The smallest absolute Gasteiger partial charge is 0.230 e. The highest BCUT2D eigenvalue weighted by Crippen LogP contribution is 2.21. The van der Waals surface area contributed by atoms with E-state index < -0.39 is 0 Å². The predicted octanol–water partition coefficient (Wildman–Crippen LogP) is 0.841. The molecule has 0 radical (unpaired) electrons. The summed E-state index contributed by atoms with van der Waals surface area (Å²) in [5.41, 5.74) is 0.486. The Morgan fingerprint density at radius 2 is 2.00 bits per heavy atom. The van der Waals surface area contributed by atoms with Gasteiger partial charge >= 0.3 is 0 Å². The van der Waals surface area contributed by atoms with Gasteiger partial charge in [-0.2, -0.15) is 0 Å². The highest BCUT2D eigenvalue weighted by atomic mass is 35.5. The van der Waals surface area contributed by atoms with Crippen LogP contribution in [0.1, 0.15) is 18.5 Å². The van der Waals surface area contributed by atoms with Crippen LogP contribution in [0.3, 0.4) is 0 Å². The van der Waals surface area contributed by atoms with Gasteiger partial charge < -0.3 is 0 Å². The van der Waals surface area contributed by atoms with Gasteiger partial charge in [-0.15, -0.1) is 5.10 Å². The maximum Gasteiger partial charge on any atom is 0.230 e. The number of aromatic nitrogens is 2. The molecule has 1 aromatic heterocycles. The molecule has 14 heavy (non-hydrogen) atoms. The molecule has 0 unspecified atom stereocenters. The van der Waals surface area contributed by atoms with Crippen LogP contribution in [0, 0.1) is 0 Å². The van der Waals surface area contributed by atoms with Crippen molar-refractivity contribution >= 4 is 34.9 Å². The van der Waals surface area contributed by atoms with Gasteiger partial charge in [0.2, 0.25) is 11.8 Å². The molecule has 0 aromatic carbocycles. The Labute approximate surface area is 88.8 Å². The fourth-order valence-electron chi connectivity index (χ4n) is 1.24. The minimum atomic E-state index is -0.168. The monoisotopic (exact) mass is 231 g/mol. The summed E-state index contributed by atoms with van der Waals surface area (Å²) in [5, 5.41) is 3.74. The number of carbonyl (C=O) groups is 2. The Morgan fingerprint density at radius 3 is 2.50 bits per heavy atom. The maximum absolute atomic E-state index is 11.2. The van der Waals surface area contributed by atoms with Crippen LogP contribution in [0.2, 0.25) is 4.34 Å². The minimum absolute atomic E-state index is 0.146. The van der Waals surface area contributed by atoms with Crippen LogP contribution in [-0.4, -0.2) is 26.3 Å². The van der Waals surface area contributed by atoms with Crippen molar-refractivity contribution in [2.45, 2.75) is 19.4 Å². The van der Waals surface area contributed by atoms with Gasteiger partial charge in [0.1, 0.15) is 10.0 Å². The van der Waals surface area contributed by atoms with Gasteiger partial charge in [0, 0.05) is 24.4 Å². The molecule has 1 aliphatic rings. The zero-order valence-corrected chi connectivity index (χ0v) is 8.64. The number of rotatable bonds is 2. The maximum atomic E-state index is 11.2. The summed E-state index contributed by atoms with van der Waals surface area (Å²) < 4.78 is 4.05. The first-order valence-corrected chi connectivity index (χ1v) is 5.13. The van der Waals surface area contributed by atoms with E-state index in [1.807, 2.05) is 0 Å². The van der Waals surface area contributed by atoms with Crippen LogP contribution in [0.4, 0.5) is 0 Å². The van der Waals surface area contributed by atoms with E-state index in [9.17, 15) is 9.59 Å². The van der Waals surface area contributed by atoms with Crippen LogP contribution < -0.4 is 0 Å². The van der Waals surface area contributed by atoms with E-state index in [0.717, 1.165) is 11.5 Å². The molecule has 2 heterocycles. The van der Waals surface area contributed by atoms with Gasteiger partial charge in [-0.3, -0.25) is 14.5 Å². The lowest BCUT2D eigenvalue weighted by Gasteiger charge is -2.10. The van der Waals surface area contributed by atoms with Crippen molar-refractivity contribution in [3.8, 4) is 0 Å². The van der Waals surface area contributed by atoms with Gasteiger partial charge in [-0.25, -0.2) is 0 Å². The normalized spacial score (nSPS) is 16.8. The van der Waals surface area contributed by atoms with Crippen LogP contribution in [0.25, 0.3) is 0 Å².